The maximum atomic E-state index is 2.73. The fourth-order valence-corrected chi connectivity index (χ4v) is 15.0. The number of anilines is 6. The quantitative estimate of drug-likeness (QED) is 0.119. The fraction of sp³-hybridized carbons (Fsp3) is 0.234. The summed E-state index contributed by atoms with van der Waals surface area (Å²) >= 11 is 0. The Bertz CT molecular complexity index is 4550. The third kappa shape index (κ3) is 12.1. The van der Waals surface area contributed by atoms with E-state index in [0.717, 1.165) is 34.1 Å². The van der Waals surface area contributed by atoms with E-state index < -0.39 is 0 Å². The van der Waals surface area contributed by atoms with Crippen molar-refractivity contribution in [2.75, 3.05) is 9.80 Å². The van der Waals surface area contributed by atoms with E-state index in [0.29, 0.717) is 5.92 Å². The normalized spacial score (nSPS) is 13.1. The molecule has 97 heavy (non-hydrogen) atoms. The number of nitrogens with zero attached hydrogens (tertiary/aromatic N) is 2. The summed E-state index contributed by atoms with van der Waals surface area (Å²) in [6, 6.07) is 101. The van der Waals surface area contributed by atoms with Crippen LogP contribution < -0.4 is 26.2 Å². The summed E-state index contributed by atoms with van der Waals surface area (Å²) in [6.45, 7) is 37.3. The lowest BCUT2D eigenvalue weighted by molar-refractivity contribution is 0.590. The SMILES string of the molecule is CC(C)c1ccc(-c2cc3c4c(c2)N(c2c(-c5ccccc5)cc(C(C)(C)C)cc2-c2ccccc2)c2ccc(-c5cccc(C(C)(C)C)c5)cc2B4c2cc(-c4cccc(C(C)(C)C)c4)ccc2N3c2c(-c3ccccc3)cc(C(C)(C)C)cc2-c2ccccc2)c(C(C)C)c1. The van der Waals surface area contributed by atoms with Gasteiger partial charge in [0.25, 0.3) is 6.71 Å². The van der Waals surface area contributed by atoms with Crippen LogP contribution in [0.15, 0.2) is 261 Å². The Morgan fingerprint density at radius 2 is 0.598 bits per heavy atom. The summed E-state index contributed by atoms with van der Waals surface area (Å²) in [5, 5.41) is 0. The van der Waals surface area contributed by atoms with Crippen molar-refractivity contribution in [1.29, 1.82) is 0 Å². The molecule has 2 aliphatic heterocycles. The fourth-order valence-electron chi connectivity index (χ4n) is 15.0. The molecule has 0 saturated heterocycles. The van der Waals surface area contributed by atoms with E-state index in [1.165, 1.54) is 128 Å². The van der Waals surface area contributed by atoms with Crippen LogP contribution in [0.1, 0.15) is 156 Å². The van der Waals surface area contributed by atoms with Crippen molar-refractivity contribution in [2.45, 2.75) is 144 Å². The maximum absolute atomic E-state index is 2.73. The first kappa shape index (κ1) is 64.6. The number of benzene rings is 12. The Morgan fingerprint density at radius 1 is 0.258 bits per heavy atom. The summed E-state index contributed by atoms with van der Waals surface area (Å²) < 4.78 is 0. The van der Waals surface area contributed by atoms with Gasteiger partial charge in [0.1, 0.15) is 0 Å². The van der Waals surface area contributed by atoms with Crippen LogP contribution in [-0.2, 0) is 21.7 Å². The molecule has 2 nitrogen and oxygen atoms in total. The van der Waals surface area contributed by atoms with Crippen LogP contribution in [0.4, 0.5) is 34.1 Å². The molecule has 12 aromatic rings. The first-order valence-corrected chi connectivity index (χ1v) is 35.3. The van der Waals surface area contributed by atoms with Crippen LogP contribution in [0, 0.1) is 0 Å². The van der Waals surface area contributed by atoms with Gasteiger partial charge in [-0.05, 0) is 187 Å². The first-order chi connectivity index (χ1) is 46.3. The highest BCUT2D eigenvalue weighted by molar-refractivity contribution is 7.00. The Labute approximate surface area is 579 Å². The molecular weight excluding hydrogens is 1170 g/mol. The minimum Gasteiger partial charge on any atom is -0.310 e. The Kier molecular flexibility index (Phi) is 16.5. The average Bonchev–Trinajstić information content (AvgIpc) is 0.688. The summed E-state index contributed by atoms with van der Waals surface area (Å²) in [6.07, 6.45) is 0. The van der Waals surface area contributed by atoms with Gasteiger partial charge in [-0.2, -0.15) is 0 Å². The smallest absolute Gasteiger partial charge is 0.252 e. The van der Waals surface area contributed by atoms with Gasteiger partial charge >= 0.3 is 0 Å². The number of fused-ring (bicyclic) bond motifs is 4. The van der Waals surface area contributed by atoms with Crippen molar-refractivity contribution in [1.82, 2.24) is 0 Å². The lowest BCUT2D eigenvalue weighted by Crippen LogP contribution is -2.61. The van der Waals surface area contributed by atoms with Gasteiger partial charge in [0.15, 0.2) is 0 Å². The molecule has 14 rings (SSSR count). The Hall–Kier alpha value is -9.70. The van der Waals surface area contributed by atoms with Gasteiger partial charge in [0, 0.05) is 45.0 Å². The van der Waals surface area contributed by atoms with Crippen molar-refractivity contribution in [2.24, 2.45) is 0 Å². The third-order valence-electron chi connectivity index (χ3n) is 20.6. The molecule has 0 fully saturated rings. The maximum Gasteiger partial charge on any atom is 0.252 e. The molecule has 482 valence electrons. The molecule has 2 aliphatic rings. The van der Waals surface area contributed by atoms with E-state index in [1.807, 2.05) is 0 Å². The van der Waals surface area contributed by atoms with Gasteiger partial charge in [-0.25, -0.2) is 0 Å². The minimum absolute atomic E-state index is 0.0489. The van der Waals surface area contributed by atoms with Crippen molar-refractivity contribution in [3.63, 3.8) is 0 Å². The van der Waals surface area contributed by atoms with Gasteiger partial charge in [-0.15, -0.1) is 0 Å². The predicted octanol–water partition coefficient (Wildman–Crippen LogP) is 24.9. The highest BCUT2D eigenvalue weighted by Crippen LogP contribution is 2.56. The molecule has 0 unspecified atom stereocenters. The summed E-state index contributed by atoms with van der Waals surface area (Å²) in [5.41, 5.74) is 34.9. The second kappa shape index (κ2) is 24.7. The van der Waals surface area contributed by atoms with Crippen LogP contribution >= 0.6 is 0 Å². The summed E-state index contributed by atoms with van der Waals surface area (Å²) in [5.74, 6) is 0.608. The van der Waals surface area contributed by atoms with Gasteiger partial charge in [0.05, 0.1) is 11.4 Å². The van der Waals surface area contributed by atoms with Crippen molar-refractivity contribution in [3.05, 3.63) is 294 Å². The van der Waals surface area contributed by atoms with Crippen LogP contribution in [0.5, 0.6) is 0 Å². The topological polar surface area (TPSA) is 6.48 Å². The second-order valence-electron chi connectivity index (χ2n) is 32.2. The third-order valence-corrected chi connectivity index (χ3v) is 20.6. The van der Waals surface area contributed by atoms with Gasteiger partial charge in [-0.3, -0.25) is 0 Å². The zero-order valence-electron chi connectivity index (χ0n) is 60.0. The van der Waals surface area contributed by atoms with Crippen LogP contribution in [0.2, 0.25) is 0 Å². The van der Waals surface area contributed by atoms with Crippen LogP contribution in [0.25, 0.3) is 77.9 Å². The Morgan fingerprint density at radius 3 is 0.928 bits per heavy atom. The summed E-state index contributed by atoms with van der Waals surface area (Å²) in [4.78, 5) is 5.47. The Balaban J connectivity index is 1.22. The molecule has 0 radical (unpaired) electrons. The molecule has 0 atom stereocenters. The first-order valence-electron chi connectivity index (χ1n) is 35.3. The van der Waals surface area contributed by atoms with Crippen molar-refractivity contribution >= 4 is 57.2 Å². The van der Waals surface area contributed by atoms with E-state index in [9.17, 15) is 0 Å². The largest absolute Gasteiger partial charge is 0.310 e. The zero-order valence-corrected chi connectivity index (χ0v) is 60.0. The van der Waals surface area contributed by atoms with Gasteiger partial charge in [-0.1, -0.05) is 323 Å². The van der Waals surface area contributed by atoms with E-state index in [-0.39, 0.29) is 34.3 Å². The number of hydrogen-bond donors (Lipinski definition) is 0. The molecule has 0 saturated carbocycles. The molecule has 0 amide bonds. The molecule has 12 aromatic carbocycles. The molecule has 0 bridgehead atoms. The number of hydrogen-bond acceptors (Lipinski definition) is 2. The van der Waals surface area contributed by atoms with Crippen LogP contribution in [-0.4, -0.2) is 6.71 Å². The average molecular weight is 1260 g/mol. The van der Waals surface area contributed by atoms with Crippen molar-refractivity contribution in [3.8, 4) is 77.9 Å². The zero-order chi connectivity index (χ0) is 68.0. The van der Waals surface area contributed by atoms with Crippen LogP contribution in [0.3, 0.4) is 0 Å². The standard InChI is InChI=1S/C94H93BN2/c1-60(2)66-43-46-76(77(51-66)61(3)4)71-54-86-88-87(55-71)97(90-80(64-35-25-19-26-36-64)58-75(94(14,15)16)59-81(90)65-37-27-20-28-38-65)85-48-45-70(68-40-30-42-73(50-68)92(8,9)10)53-83(85)95(88)82-52-69(67-39-29-41-72(49-67)91(5,6)7)44-47-84(82)96(86)89-78(62-31-21-17-22-32-62)56-74(93(11,12)13)57-79(89)63-33-23-18-24-34-63/h17-61H,1-16H3. The van der Waals surface area contributed by atoms with E-state index in [4.69, 9.17) is 0 Å². The highest BCUT2D eigenvalue weighted by atomic mass is 15.2. The lowest BCUT2D eigenvalue weighted by atomic mass is 9.33. The number of rotatable bonds is 11. The molecule has 0 aliphatic carbocycles. The lowest BCUT2D eigenvalue weighted by Gasteiger charge is -2.46. The van der Waals surface area contributed by atoms with E-state index in [1.54, 1.807) is 0 Å². The summed E-state index contributed by atoms with van der Waals surface area (Å²) in [7, 11) is 0. The molecule has 3 heteroatoms. The molecule has 0 N–H and O–H groups in total. The van der Waals surface area contributed by atoms with Gasteiger partial charge in [0.2, 0.25) is 0 Å². The molecule has 2 heterocycles. The van der Waals surface area contributed by atoms with E-state index >= 15 is 0 Å². The molecule has 0 aromatic heterocycles. The van der Waals surface area contributed by atoms with Gasteiger partial charge < -0.3 is 9.80 Å². The highest BCUT2D eigenvalue weighted by Gasteiger charge is 2.46. The molecular formula is C94H93BN2. The minimum atomic E-state index is -0.232. The van der Waals surface area contributed by atoms with Crippen molar-refractivity contribution < 1.29 is 0 Å². The molecule has 0 spiro atoms. The second-order valence-corrected chi connectivity index (χ2v) is 32.2. The van der Waals surface area contributed by atoms with E-state index in [2.05, 4.69) is 381 Å². The predicted molar refractivity (Wildman–Crippen MR) is 421 cm³/mol. The monoisotopic (exact) mass is 1260 g/mol.